The summed E-state index contributed by atoms with van der Waals surface area (Å²) in [5.41, 5.74) is 8.24. The van der Waals surface area contributed by atoms with Crippen molar-refractivity contribution in [3.05, 3.63) is 50.2 Å². The number of nitrogens with two attached hydrogens (primary N) is 1. The van der Waals surface area contributed by atoms with Crippen LogP contribution in [0.4, 0.5) is 17.2 Å². The van der Waals surface area contributed by atoms with Crippen LogP contribution in [0.15, 0.2) is 27.8 Å². The minimum Gasteiger partial charge on any atom is -0.383 e. The number of anilines is 3. The van der Waals surface area contributed by atoms with Gasteiger partial charge in [-0.3, -0.25) is 14.2 Å². The molecule has 1 aromatic carbocycles. The predicted molar refractivity (Wildman–Crippen MR) is 120 cm³/mol. The van der Waals surface area contributed by atoms with Gasteiger partial charge in [-0.2, -0.15) is 0 Å². The van der Waals surface area contributed by atoms with E-state index in [9.17, 15) is 14.4 Å². The maximum Gasteiger partial charge on any atom is 0.333 e. The van der Waals surface area contributed by atoms with E-state index >= 15 is 0 Å². The number of benzene rings is 1. The Morgan fingerprint density at radius 2 is 1.67 bits per heavy atom. The van der Waals surface area contributed by atoms with Crippen molar-refractivity contribution < 1.29 is 4.79 Å². The van der Waals surface area contributed by atoms with Crippen LogP contribution in [-0.2, 0) is 17.9 Å². The van der Waals surface area contributed by atoms with E-state index in [1.165, 1.54) is 4.57 Å². The highest BCUT2D eigenvalue weighted by Gasteiger charge is 2.24. The number of nitrogens with zero attached hydrogens (tertiary/aromatic N) is 3. The first-order valence-corrected chi connectivity index (χ1v) is 10.6. The molecule has 30 heavy (non-hydrogen) atoms. The number of nitrogen functional groups attached to an aromatic ring is 1. The zero-order valence-corrected chi connectivity index (χ0v) is 18.0. The molecule has 0 aliphatic carbocycles. The lowest BCUT2D eigenvalue weighted by Gasteiger charge is -2.30. The zero-order chi connectivity index (χ0) is 21.8. The Hall–Kier alpha value is -3.03. The Labute approximate surface area is 176 Å². The molecule has 0 unspecified atom stereocenters. The first kappa shape index (κ1) is 21.7. The third-order valence-corrected chi connectivity index (χ3v) is 5.37. The van der Waals surface area contributed by atoms with Gasteiger partial charge in [-0.1, -0.05) is 13.0 Å². The molecule has 0 atom stereocenters. The average molecular weight is 414 g/mol. The maximum absolute atomic E-state index is 13.2. The third kappa shape index (κ3) is 4.58. The van der Waals surface area contributed by atoms with E-state index in [0.717, 1.165) is 48.0 Å². The first-order chi connectivity index (χ1) is 14.3. The number of carbonyl (C=O) groups excluding carboxylic acids is 1. The molecule has 0 saturated carbocycles. The number of rotatable bonds is 6. The van der Waals surface area contributed by atoms with Crippen LogP contribution in [0.5, 0.6) is 0 Å². The van der Waals surface area contributed by atoms with Crippen LogP contribution in [0.3, 0.4) is 0 Å². The third-order valence-electron chi connectivity index (χ3n) is 5.37. The summed E-state index contributed by atoms with van der Waals surface area (Å²) >= 11 is 0. The van der Waals surface area contributed by atoms with Gasteiger partial charge in [-0.25, -0.2) is 9.36 Å². The second kappa shape index (κ2) is 9.19. The average Bonchev–Trinajstić information content (AvgIpc) is 2.68. The number of amides is 1. The lowest BCUT2D eigenvalue weighted by molar-refractivity contribution is -0.116. The lowest BCUT2D eigenvalue weighted by Crippen LogP contribution is -2.47. The fraction of sp³-hybridized carbons (Fsp3) is 0.500. The monoisotopic (exact) mass is 413 g/mol. The van der Waals surface area contributed by atoms with Gasteiger partial charge in [0, 0.05) is 25.3 Å². The SMILES string of the molecule is CCCn1c(N)c(N2CCCCC2)c(=O)n(CC(=O)Nc2cc(C)cc(C)c2)c1=O. The van der Waals surface area contributed by atoms with E-state index in [-0.39, 0.29) is 12.4 Å². The molecule has 1 aliphatic rings. The van der Waals surface area contributed by atoms with Gasteiger partial charge in [0.1, 0.15) is 18.1 Å². The molecule has 0 spiro atoms. The van der Waals surface area contributed by atoms with Crippen LogP contribution in [0, 0.1) is 13.8 Å². The fourth-order valence-corrected chi connectivity index (χ4v) is 4.09. The second-order valence-electron chi connectivity index (χ2n) is 8.03. The molecule has 3 rings (SSSR count). The quantitative estimate of drug-likeness (QED) is 0.756. The Morgan fingerprint density at radius 1 is 1.03 bits per heavy atom. The van der Waals surface area contributed by atoms with Crippen molar-refractivity contribution in [2.75, 3.05) is 29.0 Å². The van der Waals surface area contributed by atoms with Crippen molar-refractivity contribution in [2.45, 2.75) is 59.5 Å². The first-order valence-electron chi connectivity index (χ1n) is 10.6. The van der Waals surface area contributed by atoms with E-state index in [1.807, 2.05) is 43.9 Å². The molecular formula is C22H31N5O3. The molecule has 1 aliphatic heterocycles. The molecule has 8 nitrogen and oxygen atoms in total. The van der Waals surface area contributed by atoms with Crippen molar-refractivity contribution in [1.29, 1.82) is 0 Å². The number of aromatic nitrogens is 2. The highest BCUT2D eigenvalue weighted by Crippen LogP contribution is 2.21. The fourth-order valence-electron chi connectivity index (χ4n) is 4.09. The van der Waals surface area contributed by atoms with Crippen LogP contribution >= 0.6 is 0 Å². The number of aryl methyl sites for hydroxylation is 2. The lowest BCUT2D eigenvalue weighted by atomic mass is 10.1. The highest BCUT2D eigenvalue weighted by molar-refractivity contribution is 5.90. The second-order valence-corrected chi connectivity index (χ2v) is 8.03. The number of hydrogen-bond donors (Lipinski definition) is 2. The van der Waals surface area contributed by atoms with Gasteiger partial charge >= 0.3 is 5.69 Å². The molecule has 1 saturated heterocycles. The zero-order valence-electron chi connectivity index (χ0n) is 18.0. The van der Waals surface area contributed by atoms with E-state index in [0.29, 0.717) is 24.3 Å². The summed E-state index contributed by atoms with van der Waals surface area (Å²) in [6.45, 7) is 7.31. The maximum atomic E-state index is 13.2. The summed E-state index contributed by atoms with van der Waals surface area (Å²) in [4.78, 5) is 40.8. The number of hydrogen-bond acceptors (Lipinski definition) is 5. The molecule has 8 heteroatoms. The molecule has 162 valence electrons. The molecule has 2 heterocycles. The summed E-state index contributed by atoms with van der Waals surface area (Å²) in [6, 6.07) is 5.71. The van der Waals surface area contributed by atoms with Crippen LogP contribution < -0.4 is 27.2 Å². The summed E-state index contributed by atoms with van der Waals surface area (Å²) in [6.07, 6.45) is 3.74. The summed E-state index contributed by atoms with van der Waals surface area (Å²) in [7, 11) is 0. The summed E-state index contributed by atoms with van der Waals surface area (Å²) in [5, 5.41) is 2.80. The van der Waals surface area contributed by atoms with Crippen molar-refractivity contribution in [2.24, 2.45) is 0 Å². The summed E-state index contributed by atoms with van der Waals surface area (Å²) < 4.78 is 2.42. The Kier molecular flexibility index (Phi) is 6.64. The normalized spacial score (nSPS) is 14.0. The van der Waals surface area contributed by atoms with E-state index < -0.39 is 17.2 Å². The van der Waals surface area contributed by atoms with Gasteiger partial charge in [0.15, 0.2) is 0 Å². The highest BCUT2D eigenvalue weighted by atomic mass is 16.2. The largest absolute Gasteiger partial charge is 0.383 e. The molecule has 1 aromatic heterocycles. The van der Waals surface area contributed by atoms with Gasteiger partial charge in [0.05, 0.1) is 0 Å². The van der Waals surface area contributed by atoms with Crippen molar-refractivity contribution >= 4 is 23.1 Å². The minimum atomic E-state index is -0.546. The molecule has 2 aromatic rings. The summed E-state index contributed by atoms with van der Waals surface area (Å²) in [5.74, 6) is -0.226. The number of nitrogens with one attached hydrogen (secondary N) is 1. The van der Waals surface area contributed by atoms with Crippen molar-refractivity contribution in [1.82, 2.24) is 9.13 Å². The van der Waals surface area contributed by atoms with Crippen LogP contribution in [0.25, 0.3) is 0 Å². The van der Waals surface area contributed by atoms with E-state index in [2.05, 4.69) is 5.32 Å². The van der Waals surface area contributed by atoms with Gasteiger partial charge in [0.2, 0.25) is 5.91 Å². The number of piperidine rings is 1. The van der Waals surface area contributed by atoms with E-state index in [4.69, 9.17) is 5.73 Å². The minimum absolute atomic E-state index is 0.194. The Morgan fingerprint density at radius 3 is 2.27 bits per heavy atom. The van der Waals surface area contributed by atoms with Gasteiger partial charge < -0.3 is 16.0 Å². The van der Waals surface area contributed by atoms with Crippen LogP contribution in [0.2, 0.25) is 0 Å². The van der Waals surface area contributed by atoms with Crippen LogP contribution in [-0.4, -0.2) is 28.1 Å². The van der Waals surface area contributed by atoms with Gasteiger partial charge in [-0.15, -0.1) is 0 Å². The molecule has 0 bridgehead atoms. The van der Waals surface area contributed by atoms with Gasteiger partial charge in [0.25, 0.3) is 5.56 Å². The number of carbonyl (C=O) groups is 1. The molecule has 1 amide bonds. The van der Waals surface area contributed by atoms with Crippen LogP contribution in [0.1, 0.15) is 43.7 Å². The standard InChI is InChI=1S/C22H31N5O3/c1-4-8-26-20(23)19(25-9-6-5-7-10-25)21(29)27(22(26)30)14-18(28)24-17-12-15(2)11-16(3)13-17/h11-13H,4-10,14,23H2,1-3H3,(H,24,28). The smallest absolute Gasteiger partial charge is 0.333 e. The molecule has 0 radical (unpaired) electrons. The Balaban J connectivity index is 1.98. The van der Waals surface area contributed by atoms with Crippen molar-refractivity contribution in [3.8, 4) is 0 Å². The molecule has 3 N–H and O–H groups in total. The van der Waals surface area contributed by atoms with Crippen molar-refractivity contribution in [3.63, 3.8) is 0 Å². The predicted octanol–water partition coefficient (Wildman–Crippen LogP) is 2.25. The Bertz CT molecular complexity index is 1030. The van der Waals surface area contributed by atoms with Gasteiger partial charge in [-0.05, 0) is 62.8 Å². The van der Waals surface area contributed by atoms with E-state index in [1.54, 1.807) is 0 Å². The molecular weight excluding hydrogens is 382 g/mol. The topological polar surface area (TPSA) is 102 Å². The molecule has 1 fully saturated rings.